The van der Waals surface area contributed by atoms with Crippen LogP contribution in [0.2, 0.25) is 0 Å². The molecule has 0 bridgehead atoms. The number of aryl methyl sites for hydroxylation is 2. The summed E-state index contributed by atoms with van der Waals surface area (Å²) in [6, 6.07) is 4.09. The molecule has 0 aliphatic carbocycles. The monoisotopic (exact) mass is 207 g/mol. The molecule has 0 radical (unpaired) electrons. The second-order valence-corrected chi connectivity index (χ2v) is 3.89. The van der Waals surface area contributed by atoms with Gasteiger partial charge < -0.3 is 0 Å². The lowest BCUT2D eigenvalue weighted by Gasteiger charge is -2.17. The van der Waals surface area contributed by atoms with Gasteiger partial charge >= 0.3 is 0 Å². The van der Waals surface area contributed by atoms with Gasteiger partial charge in [0, 0.05) is 17.1 Å². The van der Waals surface area contributed by atoms with E-state index in [2.05, 4.69) is 28.7 Å². The SMILES string of the molecule is Cc1cc(C)nc(C(C)(C#N)CS)n1. The van der Waals surface area contributed by atoms with Crippen molar-refractivity contribution in [2.75, 3.05) is 5.75 Å². The maximum Gasteiger partial charge on any atom is 0.149 e. The summed E-state index contributed by atoms with van der Waals surface area (Å²) in [6.45, 7) is 5.59. The highest BCUT2D eigenvalue weighted by Gasteiger charge is 2.28. The number of thiol groups is 1. The topological polar surface area (TPSA) is 49.6 Å². The maximum absolute atomic E-state index is 9.04. The van der Waals surface area contributed by atoms with Crippen LogP contribution in [0, 0.1) is 25.2 Å². The van der Waals surface area contributed by atoms with Gasteiger partial charge in [-0.25, -0.2) is 9.97 Å². The molecule has 1 aromatic heterocycles. The molecule has 3 nitrogen and oxygen atoms in total. The first-order valence-electron chi connectivity index (χ1n) is 4.37. The average Bonchev–Trinajstić information content (AvgIpc) is 2.15. The van der Waals surface area contributed by atoms with Crippen LogP contribution in [0.1, 0.15) is 24.1 Å². The molecule has 1 heterocycles. The summed E-state index contributed by atoms with van der Waals surface area (Å²) in [6.07, 6.45) is 0. The van der Waals surface area contributed by atoms with E-state index in [-0.39, 0.29) is 0 Å². The van der Waals surface area contributed by atoms with Gasteiger partial charge in [0.15, 0.2) is 0 Å². The number of rotatable bonds is 2. The molecular formula is C10H13N3S. The van der Waals surface area contributed by atoms with E-state index in [1.807, 2.05) is 19.9 Å². The van der Waals surface area contributed by atoms with Crippen molar-refractivity contribution in [2.45, 2.75) is 26.2 Å². The first-order chi connectivity index (χ1) is 6.51. The summed E-state index contributed by atoms with van der Waals surface area (Å²) in [4.78, 5) is 8.53. The number of hydrogen-bond acceptors (Lipinski definition) is 4. The Labute approximate surface area is 89.6 Å². The lowest BCUT2D eigenvalue weighted by molar-refractivity contribution is 0.634. The summed E-state index contributed by atoms with van der Waals surface area (Å²) in [5.74, 6) is 0.986. The molecule has 0 aliphatic heterocycles. The highest BCUT2D eigenvalue weighted by molar-refractivity contribution is 7.80. The Morgan fingerprint density at radius 3 is 2.29 bits per heavy atom. The van der Waals surface area contributed by atoms with Crippen molar-refractivity contribution >= 4 is 12.6 Å². The third-order valence-corrected chi connectivity index (χ3v) is 2.67. The maximum atomic E-state index is 9.04. The first-order valence-corrected chi connectivity index (χ1v) is 5.00. The molecule has 1 atom stereocenters. The Morgan fingerprint density at radius 2 is 1.93 bits per heavy atom. The molecule has 4 heteroatoms. The second kappa shape index (κ2) is 3.97. The van der Waals surface area contributed by atoms with Crippen molar-refractivity contribution in [2.24, 2.45) is 0 Å². The summed E-state index contributed by atoms with van der Waals surface area (Å²) in [7, 11) is 0. The summed E-state index contributed by atoms with van der Waals surface area (Å²) < 4.78 is 0. The fourth-order valence-electron chi connectivity index (χ4n) is 1.13. The highest BCUT2D eigenvalue weighted by atomic mass is 32.1. The Kier molecular flexibility index (Phi) is 3.12. The Bertz CT molecular complexity index is 363. The van der Waals surface area contributed by atoms with Gasteiger partial charge in [0.05, 0.1) is 6.07 Å². The third-order valence-electron chi connectivity index (χ3n) is 2.04. The molecule has 0 aliphatic rings. The van der Waals surface area contributed by atoms with Crippen LogP contribution in [0.15, 0.2) is 6.07 Å². The van der Waals surface area contributed by atoms with Crippen molar-refractivity contribution in [3.63, 3.8) is 0 Å². The van der Waals surface area contributed by atoms with Gasteiger partial charge in [0.2, 0.25) is 0 Å². The molecule has 0 spiro atoms. The van der Waals surface area contributed by atoms with E-state index in [4.69, 9.17) is 5.26 Å². The number of nitrogens with zero attached hydrogens (tertiary/aromatic N) is 3. The van der Waals surface area contributed by atoms with Gasteiger partial charge in [-0.2, -0.15) is 17.9 Å². The van der Waals surface area contributed by atoms with E-state index in [0.717, 1.165) is 11.4 Å². The molecule has 0 saturated heterocycles. The molecular weight excluding hydrogens is 194 g/mol. The van der Waals surface area contributed by atoms with Crippen molar-refractivity contribution < 1.29 is 0 Å². The van der Waals surface area contributed by atoms with Gasteiger partial charge in [0.1, 0.15) is 11.2 Å². The minimum Gasteiger partial charge on any atom is -0.236 e. The van der Waals surface area contributed by atoms with E-state index in [0.29, 0.717) is 11.6 Å². The summed E-state index contributed by atoms with van der Waals surface area (Å²) >= 11 is 4.16. The molecule has 1 aromatic rings. The standard InChI is InChI=1S/C10H13N3S/c1-7-4-8(2)13-9(12-7)10(3,5-11)6-14/h4,14H,6H2,1-3H3. The van der Waals surface area contributed by atoms with Crippen LogP contribution in [-0.2, 0) is 5.41 Å². The third kappa shape index (κ3) is 2.05. The second-order valence-electron chi connectivity index (χ2n) is 3.58. The predicted octanol–water partition coefficient (Wildman–Crippen LogP) is 1.80. The summed E-state index contributed by atoms with van der Waals surface area (Å²) in [5, 5.41) is 9.04. The zero-order valence-electron chi connectivity index (χ0n) is 8.57. The zero-order chi connectivity index (χ0) is 10.8. The molecule has 0 saturated carbocycles. The van der Waals surface area contributed by atoms with Gasteiger partial charge in [-0.1, -0.05) is 0 Å². The number of nitriles is 1. The summed E-state index contributed by atoms with van der Waals surface area (Å²) in [5.41, 5.74) is 1.08. The van der Waals surface area contributed by atoms with E-state index in [1.54, 1.807) is 6.92 Å². The van der Waals surface area contributed by atoms with Gasteiger partial charge in [-0.15, -0.1) is 0 Å². The average molecular weight is 207 g/mol. The highest BCUT2D eigenvalue weighted by Crippen LogP contribution is 2.21. The fraction of sp³-hybridized carbons (Fsp3) is 0.500. The van der Waals surface area contributed by atoms with Crippen molar-refractivity contribution in [1.82, 2.24) is 9.97 Å². The van der Waals surface area contributed by atoms with E-state index < -0.39 is 5.41 Å². The van der Waals surface area contributed by atoms with Crippen molar-refractivity contribution in [3.8, 4) is 6.07 Å². The molecule has 0 fully saturated rings. The lowest BCUT2D eigenvalue weighted by atomic mass is 9.94. The minimum absolute atomic E-state index is 0.423. The smallest absolute Gasteiger partial charge is 0.149 e. The molecule has 0 amide bonds. The molecule has 1 unspecified atom stereocenters. The molecule has 1 rings (SSSR count). The fourth-order valence-corrected chi connectivity index (χ4v) is 1.34. The van der Waals surface area contributed by atoms with Crippen molar-refractivity contribution in [3.05, 3.63) is 23.3 Å². The minimum atomic E-state index is -0.695. The van der Waals surface area contributed by atoms with Crippen LogP contribution < -0.4 is 0 Å². The normalized spacial score (nSPS) is 14.5. The quantitative estimate of drug-likeness (QED) is 0.752. The van der Waals surface area contributed by atoms with E-state index >= 15 is 0 Å². The largest absolute Gasteiger partial charge is 0.236 e. The lowest BCUT2D eigenvalue weighted by Crippen LogP contribution is -2.25. The first kappa shape index (κ1) is 11.0. The van der Waals surface area contributed by atoms with Crippen LogP contribution in [0.5, 0.6) is 0 Å². The molecule has 0 N–H and O–H groups in total. The van der Waals surface area contributed by atoms with Gasteiger partial charge in [-0.3, -0.25) is 0 Å². The van der Waals surface area contributed by atoms with Crippen LogP contribution in [-0.4, -0.2) is 15.7 Å². The number of hydrogen-bond donors (Lipinski definition) is 1. The van der Waals surface area contributed by atoms with Gasteiger partial charge in [-0.05, 0) is 26.8 Å². The Morgan fingerprint density at radius 1 is 1.43 bits per heavy atom. The Hall–Kier alpha value is -1.08. The van der Waals surface area contributed by atoms with Crippen LogP contribution in [0.3, 0.4) is 0 Å². The van der Waals surface area contributed by atoms with E-state index in [9.17, 15) is 0 Å². The molecule has 14 heavy (non-hydrogen) atoms. The van der Waals surface area contributed by atoms with Crippen LogP contribution in [0.25, 0.3) is 0 Å². The predicted molar refractivity (Wildman–Crippen MR) is 58.3 cm³/mol. The molecule has 0 aromatic carbocycles. The molecule has 74 valence electrons. The zero-order valence-corrected chi connectivity index (χ0v) is 9.47. The Balaban J connectivity index is 3.26. The van der Waals surface area contributed by atoms with Crippen LogP contribution >= 0.6 is 12.6 Å². The van der Waals surface area contributed by atoms with E-state index in [1.165, 1.54) is 0 Å². The van der Waals surface area contributed by atoms with Crippen LogP contribution in [0.4, 0.5) is 0 Å². The van der Waals surface area contributed by atoms with Gasteiger partial charge in [0.25, 0.3) is 0 Å². The van der Waals surface area contributed by atoms with Crippen molar-refractivity contribution in [1.29, 1.82) is 5.26 Å². The number of aromatic nitrogens is 2.